The highest BCUT2D eigenvalue weighted by Crippen LogP contribution is 2.45. The monoisotopic (exact) mass is 698 g/mol. The predicted molar refractivity (Wildman–Crippen MR) is 172 cm³/mol. The van der Waals surface area contributed by atoms with E-state index >= 15 is 0 Å². The molecule has 1 unspecified atom stereocenters. The van der Waals surface area contributed by atoms with Gasteiger partial charge in [-0.25, -0.2) is 9.59 Å². The summed E-state index contributed by atoms with van der Waals surface area (Å²) in [5.41, 5.74) is 5.77. The summed E-state index contributed by atoms with van der Waals surface area (Å²) >= 11 is 11.6. The number of halogens is 3. The Labute approximate surface area is 280 Å². The molecule has 2 aromatic carbocycles. The highest BCUT2D eigenvalue weighted by molar-refractivity contribution is 7.91. The number of hydrogen-bond acceptors (Lipinski definition) is 9. The van der Waals surface area contributed by atoms with Crippen LogP contribution in [0, 0.1) is 0 Å². The molecular formula is C30H33Cl3N4O7S. The van der Waals surface area contributed by atoms with E-state index in [1.807, 2.05) is 4.90 Å². The standard InChI is InChI=1S/C30H32Cl2N4O7S.ClH/c1-42-29(39)26-21(15-24(38)36-13-11-35(12-14-36)16-23(33)37)34-22(17-44(41)18-7-4-3-5-8-18)27(30(40)43-2)28(26)25-19(31)9-6-10-20(25)32;/h3-10,28,34H,11-17H2,1-2H3,(H2,33,37);1H/t28-,44?;/m0./s1. The van der Waals surface area contributed by atoms with E-state index < -0.39 is 34.9 Å². The van der Waals surface area contributed by atoms with E-state index in [0.717, 1.165) is 0 Å². The predicted octanol–water partition coefficient (Wildman–Crippen LogP) is 2.78. The summed E-state index contributed by atoms with van der Waals surface area (Å²) in [5, 5.41) is 3.41. The number of dihydropyridines is 1. The van der Waals surface area contributed by atoms with Crippen LogP contribution in [0.15, 0.2) is 76.0 Å². The lowest BCUT2D eigenvalue weighted by Crippen LogP contribution is -2.51. The van der Waals surface area contributed by atoms with Crippen molar-refractivity contribution in [2.24, 2.45) is 5.73 Å². The van der Waals surface area contributed by atoms with Crippen LogP contribution < -0.4 is 11.1 Å². The Kier molecular flexibility index (Phi) is 13.2. The summed E-state index contributed by atoms with van der Waals surface area (Å²) in [6, 6.07) is 13.4. The fraction of sp³-hybridized carbons (Fsp3) is 0.333. The minimum atomic E-state index is -1.64. The molecule has 0 aliphatic carbocycles. The summed E-state index contributed by atoms with van der Waals surface area (Å²) in [6.45, 7) is 1.64. The molecule has 2 aromatic rings. The molecule has 242 valence electrons. The van der Waals surface area contributed by atoms with Crippen molar-refractivity contribution in [3.8, 4) is 0 Å². The van der Waals surface area contributed by atoms with E-state index in [-0.39, 0.29) is 75.2 Å². The van der Waals surface area contributed by atoms with Gasteiger partial charge in [0.2, 0.25) is 11.8 Å². The molecule has 1 fully saturated rings. The third-order valence-corrected chi connectivity index (χ3v) is 9.35. The number of ether oxygens (including phenoxy) is 2. The minimum Gasteiger partial charge on any atom is -0.611 e. The molecule has 2 aliphatic rings. The van der Waals surface area contributed by atoms with Crippen molar-refractivity contribution in [3.63, 3.8) is 0 Å². The molecule has 0 saturated carbocycles. The number of carbonyl (C=O) groups excluding carboxylic acids is 4. The van der Waals surface area contributed by atoms with Gasteiger partial charge in [-0.1, -0.05) is 47.5 Å². The van der Waals surface area contributed by atoms with Crippen molar-refractivity contribution < 1.29 is 33.2 Å². The van der Waals surface area contributed by atoms with Crippen LogP contribution in [0.25, 0.3) is 0 Å². The summed E-state index contributed by atoms with van der Waals surface area (Å²) in [4.78, 5) is 55.8. The first-order chi connectivity index (χ1) is 21.0. The zero-order chi connectivity index (χ0) is 32.0. The van der Waals surface area contributed by atoms with E-state index in [1.54, 1.807) is 53.4 Å². The first kappa shape index (κ1) is 36.2. The smallest absolute Gasteiger partial charge is 0.336 e. The highest BCUT2D eigenvalue weighted by Gasteiger charge is 2.43. The second-order valence-corrected chi connectivity index (χ2v) is 12.3. The average molecular weight is 700 g/mol. The SMILES string of the molecule is COC(=O)C1=C(CC(=O)N2CCN(CC(N)=O)CC2)NC(C[S+]([O-])c2ccccc2)=C(C(=O)OC)[C@H]1c1c(Cl)cccc1Cl.Cl. The van der Waals surface area contributed by atoms with E-state index in [0.29, 0.717) is 31.1 Å². The van der Waals surface area contributed by atoms with Crippen LogP contribution in [0.3, 0.4) is 0 Å². The number of piperazine rings is 1. The molecule has 2 heterocycles. The molecule has 0 spiro atoms. The number of methoxy groups -OCH3 is 2. The molecule has 2 aliphatic heterocycles. The second-order valence-electron chi connectivity index (χ2n) is 10.1. The molecule has 0 bridgehead atoms. The van der Waals surface area contributed by atoms with Crippen LogP contribution in [-0.2, 0) is 39.8 Å². The first-order valence-corrected chi connectivity index (χ1v) is 15.7. The van der Waals surface area contributed by atoms with Gasteiger partial charge < -0.3 is 30.0 Å². The lowest BCUT2D eigenvalue weighted by atomic mass is 9.79. The summed E-state index contributed by atoms with van der Waals surface area (Å²) in [6.07, 6.45) is -0.283. The van der Waals surface area contributed by atoms with Crippen LogP contribution in [0.4, 0.5) is 0 Å². The number of hydrogen-bond donors (Lipinski definition) is 2. The Balaban J connectivity index is 0.00000552. The Hall–Kier alpha value is -3.26. The quantitative estimate of drug-likeness (QED) is 0.282. The maximum absolute atomic E-state index is 13.6. The fourth-order valence-corrected chi connectivity index (χ4v) is 7.00. The topological polar surface area (TPSA) is 154 Å². The van der Waals surface area contributed by atoms with E-state index in [1.165, 1.54) is 14.2 Å². The van der Waals surface area contributed by atoms with E-state index in [4.69, 9.17) is 38.4 Å². The molecule has 0 aromatic heterocycles. The Bertz CT molecular complexity index is 1480. The fourth-order valence-electron chi connectivity index (χ4n) is 5.27. The molecule has 4 rings (SSSR count). The van der Waals surface area contributed by atoms with Gasteiger partial charge in [-0.2, -0.15) is 0 Å². The van der Waals surface area contributed by atoms with Gasteiger partial charge in [-0.05, 0) is 35.4 Å². The molecule has 1 saturated heterocycles. The number of esters is 2. The maximum atomic E-state index is 13.6. The largest absolute Gasteiger partial charge is 0.611 e. The van der Waals surface area contributed by atoms with Gasteiger partial charge in [-0.3, -0.25) is 14.5 Å². The van der Waals surface area contributed by atoms with Crippen LogP contribution in [0.5, 0.6) is 0 Å². The van der Waals surface area contributed by atoms with Gasteiger partial charge in [0.05, 0.1) is 49.9 Å². The lowest BCUT2D eigenvalue weighted by molar-refractivity contribution is -0.137. The van der Waals surface area contributed by atoms with Gasteiger partial charge in [0, 0.05) is 47.5 Å². The van der Waals surface area contributed by atoms with Gasteiger partial charge in [-0.15, -0.1) is 12.4 Å². The van der Waals surface area contributed by atoms with Crippen LogP contribution in [0.1, 0.15) is 17.9 Å². The molecule has 11 nitrogen and oxygen atoms in total. The number of rotatable bonds is 10. The second kappa shape index (κ2) is 16.3. The summed E-state index contributed by atoms with van der Waals surface area (Å²) in [7, 11) is 2.37. The summed E-state index contributed by atoms with van der Waals surface area (Å²) in [5.74, 6) is -3.79. The number of carbonyl (C=O) groups is 4. The lowest BCUT2D eigenvalue weighted by Gasteiger charge is -2.36. The van der Waals surface area contributed by atoms with E-state index in [2.05, 4.69) is 5.32 Å². The van der Waals surface area contributed by atoms with Gasteiger partial charge in [0.25, 0.3) is 0 Å². The Morgan fingerprint density at radius 3 is 2.00 bits per heavy atom. The number of nitrogens with one attached hydrogen (secondary N) is 1. The van der Waals surface area contributed by atoms with Crippen LogP contribution >= 0.6 is 35.6 Å². The average Bonchev–Trinajstić information content (AvgIpc) is 3.00. The van der Waals surface area contributed by atoms with Gasteiger partial charge in [0.1, 0.15) is 0 Å². The maximum Gasteiger partial charge on any atom is 0.336 e. The number of nitrogens with two attached hydrogens (primary N) is 1. The van der Waals surface area contributed by atoms with Crippen molar-refractivity contribution in [1.29, 1.82) is 0 Å². The third kappa shape index (κ3) is 8.51. The van der Waals surface area contributed by atoms with Crippen molar-refractivity contribution in [2.45, 2.75) is 17.2 Å². The first-order valence-electron chi connectivity index (χ1n) is 13.6. The van der Waals surface area contributed by atoms with Crippen molar-refractivity contribution >= 4 is 70.5 Å². The van der Waals surface area contributed by atoms with Gasteiger partial charge in [0.15, 0.2) is 10.6 Å². The Morgan fingerprint density at radius 1 is 0.911 bits per heavy atom. The normalized spacial score (nSPS) is 17.6. The van der Waals surface area contributed by atoms with Gasteiger partial charge >= 0.3 is 11.9 Å². The molecule has 3 N–H and O–H groups in total. The third-order valence-electron chi connectivity index (χ3n) is 7.34. The molecule has 2 atom stereocenters. The zero-order valence-electron chi connectivity index (χ0n) is 24.5. The molecule has 45 heavy (non-hydrogen) atoms. The number of amides is 2. The van der Waals surface area contributed by atoms with Crippen molar-refractivity contribution in [2.75, 3.05) is 52.7 Å². The van der Waals surface area contributed by atoms with Crippen molar-refractivity contribution in [1.82, 2.24) is 15.1 Å². The summed E-state index contributed by atoms with van der Waals surface area (Å²) < 4.78 is 23.8. The number of nitrogens with zero attached hydrogens (tertiary/aromatic N) is 2. The van der Waals surface area contributed by atoms with E-state index in [9.17, 15) is 23.7 Å². The molecular weight excluding hydrogens is 667 g/mol. The minimum absolute atomic E-state index is 0. The number of benzene rings is 2. The van der Waals surface area contributed by atoms with Crippen LogP contribution in [0.2, 0.25) is 10.0 Å². The molecule has 2 amide bonds. The molecule has 15 heteroatoms. The Morgan fingerprint density at radius 2 is 1.47 bits per heavy atom. The zero-order valence-corrected chi connectivity index (χ0v) is 27.7. The van der Waals surface area contributed by atoms with Crippen molar-refractivity contribution in [3.05, 3.63) is 86.7 Å². The highest BCUT2D eigenvalue weighted by atomic mass is 35.5. The number of primary amides is 1. The molecule has 0 radical (unpaired) electrons. The van der Waals surface area contributed by atoms with Crippen LogP contribution in [-0.4, -0.2) is 90.8 Å².